The average Bonchev–Trinajstić information content (AvgIpc) is 3.02. The maximum Gasteiger partial charge on any atom is 0.255 e. The number of rotatable bonds is 7. The summed E-state index contributed by atoms with van der Waals surface area (Å²) < 4.78 is 7.37. The molecule has 0 spiro atoms. The van der Waals surface area contributed by atoms with E-state index in [2.05, 4.69) is 15.6 Å². The molecule has 7 heteroatoms. The van der Waals surface area contributed by atoms with Gasteiger partial charge in [0.1, 0.15) is 5.75 Å². The Bertz CT molecular complexity index is 641. The summed E-state index contributed by atoms with van der Waals surface area (Å²) in [5, 5.41) is 20.1. The topological polar surface area (TPSA) is 89.3 Å². The number of nitrogens with zero attached hydrogens (tertiary/aromatic N) is 3. The number of ether oxygens (including phenoxy) is 1. The molecule has 1 aliphatic carbocycles. The van der Waals surface area contributed by atoms with Gasteiger partial charge in [-0.2, -0.15) is 0 Å². The predicted octanol–water partition coefficient (Wildman–Crippen LogP) is 1.00. The van der Waals surface area contributed by atoms with Crippen LogP contribution in [0.1, 0.15) is 29.6 Å². The molecule has 1 aromatic heterocycles. The van der Waals surface area contributed by atoms with Gasteiger partial charge in [0.2, 0.25) is 0 Å². The zero-order valence-corrected chi connectivity index (χ0v) is 12.8. The van der Waals surface area contributed by atoms with Crippen molar-refractivity contribution in [1.82, 2.24) is 20.3 Å². The van der Waals surface area contributed by atoms with E-state index in [1.807, 2.05) is 6.07 Å². The molecule has 7 nitrogen and oxygen atoms in total. The van der Waals surface area contributed by atoms with E-state index in [0.29, 0.717) is 11.3 Å². The maximum absolute atomic E-state index is 12.3. The van der Waals surface area contributed by atoms with E-state index in [4.69, 9.17) is 4.74 Å². The first-order chi connectivity index (χ1) is 11.2. The summed E-state index contributed by atoms with van der Waals surface area (Å²) in [4.78, 5) is 12.3. The van der Waals surface area contributed by atoms with Gasteiger partial charge < -0.3 is 15.2 Å². The minimum Gasteiger partial charge on any atom is -0.490 e. The number of aliphatic hydroxyl groups excluding tert-OH is 1. The largest absolute Gasteiger partial charge is 0.490 e. The molecule has 1 atom stereocenters. The normalized spacial score (nSPS) is 15.7. The Morgan fingerprint density at radius 1 is 1.43 bits per heavy atom. The first kappa shape index (κ1) is 15.5. The number of para-hydroxylation sites is 1. The first-order valence-corrected chi connectivity index (χ1v) is 7.78. The zero-order chi connectivity index (χ0) is 16.1. The van der Waals surface area contributed by atoms with Gasteiger partial charge in [0.25, 0.3) is 5.91 Å². The molecule has 2 aromatic rings. The monoisotopic (exact) mass is 316 g/mol. The number of carbonyl (C=O) groups is 1. The molecule has 1 aromatic carbocycles. The fraction of sp³-hybridized carbons (Fsp3) is 0.438. The Balaban J connectivity index is 1.55. The number of benzene rings is 1. The van der Waals surface area contributed by atoms with Crippen molar-refractivity contribution >= 4 is 5.91 Å². The summed E-state index contributed by atoms with van der Waals surface area (Å²) in [5.41, 5.74) is 0.493. The molecule has 0 bridgehead atoms. The summed E-state index contributed by atoms with van der Waals surface area (Å²) in [5.74, 6) is 0.345. The second-order valence-corrected chi connectivity index (χ2v) is 5.66. The molecular formula is C16H20N4O3. The number of amides is 1. The van der Waals surface area contributed by atoms with Crippen LogP contribution in [0.4, 0.5) is 0 Å². The molecule has 0 aliphatic heterocycles. The lowest BCUT2D eigenvalue weighted by atomic mass is 9.96. The third-order valence-corrected chi connectivity index (χ3v) is 3.85. The van der Waals surface area contributed by atoms with Gasteiger partial charge in [-0.15, -0.1) is 5.10 Å². The van der Waals surface area contributed by atoms with E-state index >= 15 is 0 Å². The van der Waals surface area contributed by atoms with E-state index in [1.54, 1.807) is 30.6 Å². The average molecular weight is 316 g/mol. The van der Waals surface area contributed by atoms with Crippen LogP contribution in [0.2, 0.25) is 0 Å². The van der Waals surface area contributed by atoms with Gasteiger partial charge in [-0.25, -0.2) is 4.68 Å². The molecule has 1 amide bonds. The number of hydrogen-bond donors (Lipinski definition) is 2. The molecule has 23 heavy (non-hydrogen) atoms. The lowest BCUT2D eigenvalue weighted by molar-refractivity contribution is 0.0878. The molecule has 1 unspecified atom stereocenters. The van der Waals surface area contributed by atoms with Crippen LogP contribution >= 0.6 is 0 Å². The fourth-order valence-corrected chi connectivity index (χ4v) is 2.34. The van der Waals surface area contributed by atoms with Crippen LogP contribution in [-0.4, -0.2) is 44.8 Å². The molecule has 1 fully saturated rings. The van der Waals surface area contributed by atoms with Crippen molar-refractivity contribution in [3.8, 4) is 5.75 Å². The van der Waals surface area contributed by atoms with E-state index in [0.717, 1.165) is 12.8 Å². The molecule has 3 rings (SSSR count). The van der Waals surface area contributed by atoms with E-state index in [1.165, 1.54) is 11.1 Å². The second kappa shape index (κ2) is 7.23. The van der Waals surface area contributed by atoms with Crippen molar-refractivity contribution in [3.63, 3.8) is 0 Å². The van der Waals surface area contributed by atoms with Crippen molar-refractivity contribution in [2.75, 3.05) is 6.54 Å². The van der Waals surface area contributed by atoms with Gasteiger partial charge in [-0.3, -0.25) is 4.79 Å². The molecule has 1 saturated carbocycles. The molecular weight excluding hydrogens is 296 g/mol. The Morgan fingerprint density at radius 2 is 2.26 bits per heavy atom. The predicted molar refractivity (Wildman–Crippen MR) is 83.1 cm³/mol. The Kier molecular flexibility index (Phi) is 4.87. The Labute approximate surface area is 134 Å². The Morgan fingerprint density at radius 3 is 2.96 bits per heavy atom. The van der Waals surface area contributed by atoms with Crippen LogP contribution in [-0.2, 0) is 6.54 Å². The van der Waals surface area contributed by atoms with Crippen LogP contribution in [0.15, 0.2) is 36.7 Å². The SMILES string of the molecule is O=C(NCC(O)Cn1ccnn1)c1ccccc1OC1CCC1. The van der Waals surface area contributed by atoms with Crippen molar-refractivity contribution in [2.45, 2.75) is 38.0 Å². The smallest absolute Gasteiger partial charge is 0.255 e. The van der Waals surface area contributed by atoms with Gasteiger partial charge >= 0.3 is 0 Å². The highest BCUT2D eigenvalue weighted by Gasteiger charge is 2.22. The van der Waals surface area contributed by atoms with Crippen molar-refractivity contribution in [3.05, 3.63) is 42.2 Å². The van der Waals surface area contributed by atoms with Crippen molar-refractivity contribution < 1.29 is 14.6 Å². The maximum atomic E-state index is 12.3. The van der Waals surface area contributed by atoms with Crippen molar-refractivity contribution in [1.29, 1.82) is 0 Å². The summed E-state index contributed by atoms with van der Waals surface area (Å²) in [6.07, 6.45) is 5.92. The zero-order valence-electron chi connectivity index (χ0n) is 12.8. The minimum atomic E-state index is -0.736. The summed E-state index contributed by atoms with van der Waals surface area (Å²) in [6, 6.07) is 7.19. The third-order valence-electron chi connectivity index (χ3n) is 3.85. The van der Waals surface area contributed by atoms with Crippen LogP contribution in [0.3, 0.4) is 0 Å². The molecule has 0 saturated heterocycles. The van der Waals surface area contributed by atoms with Crippen LogP contribution in [0, 0.1) is 0 Å². The van der Waals surface area contributed by atoms with Crippen LogP contribution < -0.4 is 10.1 Å². The van der Waals surface area contributed by atoms with Gasteiger partial charge in [0.15, 0.2) is 0 Å². The molecule has 0 radical (unpaired) electrons. The quantitative estimate of drug-likeness (QED) is 0.795. The standard InChI is InChI=1S/C16H20N4O3/c21-12(11-20-9-8-18-19-20)10-17-16(22)14-6-1-2-7-15(14)23-13-4-3-5-13/h1-2,6-9,12-13,21H,3-5,10-11H2,(H,17,22). The van der Waals surface area contributed by atoms with Crippen molar-refractivity contribution in [2.24, 2.45) is 0 Å². The van der Waals surface area contributed by atoms with E-state index in [9.17, 15) is 9.90 Å². The van der Waals surface area contributed by atoms with Crippen LogP contribution in [0.5, 0.6) is 5.75 Å². The summed E-state index contributed by atoms with van der Waals surface area (Å²) in [6.45, 7) is 0.414. The number of carbonyl (C=O) groups excluding carboxylic acids is 1. The third kappa shape index (κ3) is 4.07. The highest BCUT2D eigenvalue weighted by molar-refractivity contribution is 5.96. The molecule has 122 valence electrons. The first-order valence-electron chi connectivity index (χ1n) is 7.78. The molecule has 1 heterocycles. The Hall–Kier alpha value is -2.41. The van der Waals surface area contributed by atoms with E-state index in [-0.39, 0.29) is 25.1 Å². The number of nitrogens with one attached hydrogen (secondary N) is 1. The van der Waals surface area contributed by atoms with Gasteiger partial charge in [-0.1, -0.05) is 17.3 Å². The minimum absolute atomic E-state index is 0.135. The second-order valence-electron chi connectivity index (χ2n) is 5.66. The summed E-state index contributed by atoms with van der Waals surface area (Å²) >= 11 is 0. The number of aliphatic hydroxyl groups is 1. The highest BCUT2D eigenvalue weighted by atomic mass is 16.5. The summed E-state index contributed by atoms with van der Waals surface area (Å²) in [7, 11) is 0. The number of aromatic nitrogens is 3. The lowest BCUT2D eigenvalue weighted by Crippen LogP contribution is -2.35. The van der Waals surface area contributed by atoms with E-state index < -0.39 is 6.10 Å². The fourth-order valence-electron chi connectivity index (χ4n) is 2.34. The van der Waals surface area contributed by atoms with Gasteiger partial charge in [0.05, 0.1) is 30.5 Å². The molecule has 2 N–H and O–H groups in total. The van der Waals surface area contributed by atoms with Gasteiger partial charge in [0, 0.05) is 12.7 Å². The highest BCUT2D eigenvalue weighted by Crippen LogP contribution is 2.27. The van der Waals surface area contributed by atoms with Gasteiger partial charge in [-0.05, 0) is 31.4 Å². The lowest BCUT2D eigenvalue weighted by Gasteiger charge is -2.27. The van der Waals surface area contributed by atoms with Crippen LogP contribution in [0.25, 0.3) is 0 Å². The molecule has 1 aliphatic rings. The number of hydrogen-bond acceptors (Lipinski definition) is 5.